The van der Waals surface area contributed by atoms with Gasteiger partial charge in [-0.25, -0.2) is 4.98 Å². The van der Waals surface area contributed by atoms with E-state index in [1.165, 1.54) is 6.26 Å². The summed E-state index contributed by atoms with van der Waals surface area (Å²) < 4.78 is 5.26. The van der Waals surface area contributed by atoms with Crippen molar-refractivity contribution in [2.24, 2.45) is 5.73 Å². The van der Waals surface area contributed by atoms with Crippen LogP contribution in [-0.2, 0) is 6.42 Å². The number of benzene rings is 1. The van der Waals surface area contributed by atoms with E-state index in [0.29, 0.717) is 28.9 Å². The summed E-state index contributed by atoms with van der Waals surface area (Å²) >= 11 is 11.9. The third-order valence-electron chi connectivity index (χ3n) is 3.37. The minimum absolute atomic E-state index is 0.230. The van der Waals surface area contributed by atoms with E-state index in [2.05, 4.69) is 10.3 Å². The van der Waals surface area contributed by atoms with E-state index in [9.17, 15) is 4.79 Å². The lowest BCUT2D eigenvalue weighted by atomic mass is 10.1. The lowest BCUT2D eigenvalue weighted by Gasteiger charge is -2.06. The molecule has 3 N–H and O–H groups in total. The van der Waals surface area contributed by atoms with Gasteiger partial charge in [0.15, 0.2) is 5.69 Å². The zero-order valence-electron chi connectivity index (χ0n) is 12.8. The van der Waals surface area contributed by atoms with Gasteiger partial charge in [0.05, 0.1) is 6.04 Å². The number of aromatic nitrogens is 1. The average molecular weight is 356 g/mol. The Morgan fingerprint density at radius 3 is 2.91 bits per heavy atom. The molecule has 0 bridgehead atoms. The van der Waals surface area contributed by atoms with Crippen LogP contribution in [0.4, 0.5) is 0 Å². The summed E-state index contributed by atoms with van der Waals surface area (Å²) in [5, 5.41) is 3.95. The Balaban J connectivity index is 1.87. The fraction of sp³-hybridized carbons (Fsp3) is 0.375. The first-order chi connectivity index (χ1) is 11.0. The minimum Gasteiger partial charge on any atom is -0.446 e. The van der Waals surface area contributed by atoms with Gasteiger partial charge < -0.3 is 15.5 Å². The largest absolute Gasteiger partial charge is 0.446 e. The molecule has 0 spiro atoms. The molecule has 23 heavy (non-hydrogen) atoms. The molecule has 1 unspecified atom stereocenters. The third-order valence-corrected chi connectivity index (χ3v) is 3.95. The van der Waals surface area contributed by atoms with Gasteiger partial charge in [-0.15, -0.1) is 0 Å². The highest BCUT2D eigenvalue weighted by Gasteiger charge is 2.16. The summed E-state index contributed by atoms with van der Waals surface area (Å²) in [6, 6.07) is 5.01. The number of hydrogen-bond acceptors (Lipinski definition) is 4. The molecule has 0 radical (unpaired) electrons. The molecule has 1 heterocycles. The number of rotatable bonds is 7. The quantitative estimate of drug-likeness (QED) is 0.792. The Morgan fingerprint density at radius 1 is 1.43 bits per heavy atom. The monoisotopic (exact) mass is 355 g/mol. The van der Waals surface area contributed by atoms with Crippen molar-refractivity contribution in [3.63, 3.8) is 0 Å². The Morgan fingerprint density at radius 2 is 2.22 bits per heavy atom. The number of carbonyl (C=O) groups excluding carboxylic acids is 1. The Labute approximate surface area is 145 Å². The Hall–Kier alpha value is -1.56. The van der Waals surface area contributed by atoms with Crippen molar-refractivity contribution < 1.29 is 9.21 Å². The molecule has 1 aromatic carbocycles. The molecular formula is C16H19Cl2N3O2. The van der Waals surface area contributed by atoms with E-state index in [0.717, 1.165) is 18.4 Å². The first-order valence-electron chi connectivity index (χ1n) is 7.44. The molecule has 2 rings (SSSR count). The molecule has 1 amide bonds. The van der Waals surface area contributed by atoms with Crippen LogP contribution >= 0.6 is 23.2 Å². The maximum absolute atomic E-state index is 12.0. The predicted molar refractivity (Wildman–Crippen MR) is 90.8 cm³/mol. The number of halogens is 2. The van der Waals surface area contributed by atoms with Crippen LogP contribution in [0.5, 0.6) is 0 Å². The van der Waals surface area contributed by atoms with Crippen molar-refractivity contribution >= 4 is 29.1 Å². The van der Waals surface area contributed by atoms with Gasteiger partial charge in [0.1, 0.15) is 6.26 Å². The number of nitrogens with two attached hydrogens (primary N) is 1. The maximum Gasteiger partial charge on any atom is 0.273 e. The molecule has 1 atom stereocenters. The molecule has 124 valence electrons. The van der Waals surface area contributed by atoms with Gasteiger partial charge in [-0.2, -0.15) is 0 Å². The van der Waals surface area contributed by atoms with Gasteiger partial charge in [-0.05, 0) is 30.5 Å². The van der Waals surface area contributed by atoms with Gasteiger partial charge in [-0.1, -0.05) is 42.6 Å². The number of amides is 1. The summed E-state index contributed by atoms with van der Waals surface area (Å²) in [4.78, 5) is 16.2. The van der Waals surface area contributed by atoms with Crippen molar-refractivity contribution in [1.29, 1.82) is 0 Å². The molecule has 0 saturated carbocycles. The normalized spacial score (nSPS) is 12.2. The lowest BCUT2D eigenvalue weighted by Crippen LogP contribution is -2.26. The predicted octanol–water partition coefficient (Wildman–Crippen LogP) is 3.75. The van der Waals surface area contributed by atoms with Crippen LogP contribution in [0.2, 0.25) is 10.0 Å². The smallest absolute Gasteiger partial charge is 0.273 e. The fourth-order valence-electron chi connectivity index (χ4n) is 2.12. The highest BCUT2D eigenvalue weighted by Crippen LogP contribution is 2.21. The molecule has 5 nitrogen and oxygen atoms in total. The zero-order chi connectivity index (χ0) is 16.8. The summed E-state index contributed by atoms with van der Waals surface area (Å²) in [5.74, 6) is 0.0894. The van der Waals surface area contributed by atoms with Crippen LogP contribution in [0.25, 0.3) is 0 Å². The number of hydrogen-bond donors (Lipinski definition) is 2. The highest BCUT2D eigenvalue weighted by molar-refractivity contribution is 6.35. The molecule has 0 aliphatic heterocycles. The van der Waals surface area contributed by atoms with Crippen LogP contribution in [0.1, 0.15) is 47.7 Å². The topological polar surface area (TPSA) is 81.1 Å². The Kier molecular flexibility index (Phi) is 6.45. The molecule has 0 aliphatic carbocycles. The van der Waals surface area contributed by atoms with E-state index in [-0.39, 0.29) is 17.6 Å². The maximum atomic E-state index is 12.0. The second kappa shape index (κ2) is 8.34. The van der Waals surface area contributed by atoms with Crippen LogP contribution in [0, 0.1) is 0 Å². The van der Waals surface area contributed by atoms with Gasteiger partial charge in [0.2, 0.25) is 5.89 Å². The van der Waals surface area contributed by atoms with E-state index in [4.69, 9.17) is 33.4 Å². The standard InChI is InChI=1S/C16H19Cl2N3O2/c1-2-3-13(19)16-21-14(9-23-16)15(22)20-7-6-10-4-5-11(17)8-12(10)18/h4-5,8-9,13H,2-3,6-7,19H2,1H3,(H,20,22). The highest BCUT2D eigenvalue weighted by atomic mass is 35.5. The minimum atomic E-state index is -0.297. The van der Waals surface area contributed by atoms with Crippen LogP contribution in [-0.4, -0.2) is 17.4 Å². The van der Waals surface area contributed by atoms with E-state index < -0.39 is 0 Å². The summed E-state index contributed by atoms with van der Waals surface area (Å²) in [5.41, 5.74) is 7.06. The molecule has 0 fully saturated rings. The van der Waals surface area contributed by atoms with Crippen molar-refractivity contribution in [3.8, 4) is 0 Å². The number of nitrogens with zero attached hydrogens (tertiary/aromatic N) is 1. The molecule has 2 aromatic rings. The number of oxazole rings is 1. The third kappa shape index (κ3) is 4.96. The average Bonchev–Trinajstić information content (AvgIpc) is 2.99. The molecular weight excluding hydrogens is 337 g/mol. The fourth-order valence-corrected chi connectivity index (χ4v) is 2.63. The lowest BCUT2D eigenvalue weighted by molar-refractivity contribution is 0.0949. The van der Waals surface area contributed by atoms with Gasteiger partial charge in [0.25, 0.3) is 5.91 Å². The molecule has 0 aliphatic rings. The first kappa shape index (κ1) is 17.8. The number of nitrogens with one attached hydrogen (secondary N) is 1. The van der Waals surface area contributed by atoms with Crippen LogP contribution in [0.15, 0.2) is 28.9 Å². The first-order valence-corrected chi connectivity index (χ1v) is 8.20. The summed E-state index contributed by atoms with van der Waals surface area (Å²) in [6.45, 7) is 2.46. The second-order valence-corrected chi connectivity index (χ2v) is 6.05. The van der Waals surface area contributed by atoms with E-state index in [1.807, 2.05) is 13.0 Å². The van der Waals surface area contributed by atoms with Gasteiger partial charge in [-0.3, -0.25) is 4.79 Å². The van der Waals surface area contributed by atoms with Crippen molar-refractivity contribution in [3.05, 3.63) is 51.7 Å². The zero-order valence-corrected chi connectivity index (χ0v) is 14.3. The van der Waals surface area contributed by atoms with E-state index in [1.54, 1.807) is 12.1 Å². The van der Waals surface area contributed by atoms with Crippen LogP contribution < -0.4 is 11.1 Å². The van der Waals surface area contributed by atoms with Gasteiger partial charge >= 0.3 is 0 Å². The molecule has 1 aromatic heterocycles. The second-order valence-electron chi connectivity index (χ2n) is 5.21. The van der Waals surface area contributed by atoms with Crippen LogP contribution in [0.3, 0.4) is 0 Å². The van der Waals surface area contributed by atoms with E-state index >= 15 is 0 Å². The van der Waals surface area contributed by atoms with Crippen molar-refractivity contribution in [2.75, 3.05) is 6.54 Å². The number of carbonyl (C=O) groups is 1. The molecule has 0 saturated heterocycles. The van der Waals surface area contributed by atoms with Crippen molar-refractivity contribution in [2.45, 2.75) is 32.2 Å². The van der Waals surface area contributed by atoms with Crippen molar-refractivity contribution in [1.82, 2.24) is 10.3 Å². The molecule has 7 heteroatoms. The van der Waals surface area contributed by atoms with Gasteiger partial charge in [0, 0.05) is 16.6 Å². The SMILES string of the molecule is CCCC(N)c1nc(C(=O)NCCc2ccc(Cl)cc2Cl)co1. The summed E-state index contributed by atoms with van der Waals surface area (Å²) in [6.07, 6.45) is 3.61. The Bertz CT molecular complexity index is 673. The summed E-state index contributed by atoms with van der Waals surface area (Å²) in [7, 11) is 0.